The Morgan fingerprint density at radius 3 is 2.66 bits per heavy atom. The molecule has 0 saturated heterocycles. The van der Waals surface area contributed by atoms with Gasteiger partial charge in [-0.3, -0.25) is 19.5 Å². The standard InChI is InChI=1S/C21H17N3O3S2/c25-18(12-24-21(27)14-5-2-1-4-13(14)20(26)22-24)23-9-7-16-15(8-11-29-16)19(23)17-6-3-10-28-17/h1-6,8,10-11,19H,7,9,12H2,(H,22,26). The summed E-state index contributed by atoms with van der Waals surface area (Å²) in [6, 6.07) is 12.6. The van der Waals surface area contributed by atoms with Crippen LogP contribution in [0.3, 0.4) is 0 Å². The topological polar surface area (TPSA) is 75.2 Å². The molecule has 0 aliphatic carbocycles. The van der Waals surface area contributed by atoms with E-state index in [2.05, 4.69) is 16.5 Å². The van der Waals surface area contributed by atoms with E-state index in [9.17, 15) is 14.4 Å². The number of benzene rings is 1. The number of hydrogen-bond acceptors (Lipinski definition) is 5. The molecule has 1 amide bonds. The molecule has 0 spiro atoms. The Bertz CT molecular complexity index is 1320. The summed E-state index contributed by atoms with van der Waals surface area (Å²) in [7, 11) is 0. The average Bonchev–Trinajstić information content (AvgIpc) is 3.43. The highest BCUT2D eigenvalue weighted by atomic mass is 32.1. The van der Waals surface area contributed by atoms with Gasteiger partial charge < -0.3 is 4.90 Å². The summed E-state index contributed by atoms with van der Waals surface area (Å²) in [5, 5.41) is 7.27. The number of aromatic nitrogens is 2. The number of aromatic amines is 1. The lowest BCUT2D eigenvalue weighted by molar-refractivity contribution is -0.134. The molecule has 1 aliphatic heterocycles. The zero-order chi connectivity index (χ0) is 20.0. The van der Waals surface area contributed by atoms with Gasteiger partial charge in [-0.25, -0.2) is 4.68 Å². The number of carbonyl (C=O) groups is 1. The molecule has 3 aromatic heterocycles. The smallest absolute Gasteiger partial charge is 0.273 e. The van der Waals surface area contributed by atoms with Gasteiger partial charge in [0.1, 0.15) is 6.54 Å². The Morgan fingerprint density at radius 1 is 1.03 bits per heavy atom. The van der Waals surface area contributed by atoms with Crippen LogP contribution in [0.4, 0.5) is 0 Å². The fraction of sp³-hybridized carbons (Fsp3) is 0.190. The van der Waals surface area contributed by atoms with Crippen LogP contribution >= 0.6 is 22.7 Å². The van der Waals surface area contributed by atoms with Gasteiger partial charge in [-0.15, -0.1) is 22.7 Å². The van der Waals surface area contributed by atoms with Crippen LogP contribution in [0.25, 0.3) is 10.8 Å². The highest BCUT2D eigenvalue weighted by molar-refractivity contribution is 7.10. The molecular formula is C21H17N3O3S2. The van der Waals surface area contributed by atoms with Crippen molar-refractivity contribution >= 4 is 39.4 Å². The summed E-state index contributed by atoms with van der Waals surface area (Å²) < 4.78 is 1.13. The molecule has 0 radical (unpaired) electrons. The van der Waals surface area contributed by atoms with Crippen molar-refractivity contribution in [1.29, 1.82) is 0 Å². The number of rotatable bonds is 3. The summed E-state index contributed by atoms with van der Waals surface area (Å²) in [6.45, 7) is 0.391. The third kappa shape index (κ3) is 3.04. The molecule has 0 bridgehead atoms. The van der Waals surface area contributed by atoms with Crippen molar-refractivity contribution in [3.05, 3.63) is 89.3 Å². The maximum atomic E-state index is 13.3. The van der Waals surface area contributed by atoms with Crippen LogP contribution in [0.2, 0.25) is 0 Å². The summed E-state index contributed by atoms with van der Waals surface area (Å²) in [5.41, 5.74) is 0.410. The molecule has 1 N–H and O–H groups in total. The maximum absolute atomic E-state index is 13.3. The zero-order valence-corrected chi connectivity index (χ0v) is 17.0. The SMILES string of the molecule is O=C(Cn1[nH]c(=O)c2ccccc2c1=O)N1CCc2sccc2C1c1cccs1. The van der Waals surface area contributed by atoms with Crippen LogP contribution in [0, 0.1) is 0 Å². The molecule has 0 fully saturated rings. The zero-order valence-electron chi connectivity index (χ0n) is 15.3. The Kier molecular flexibility index (Phi) is 4.44. The first kappa shape index (κ1) is 18.1. The summed E-state index contributed by atoms with van der Waals surface area (Å²) in [5.74, 6) is -0.187. The minimum absolute atomic E-state index is 0.152. The second kappa shape index (κ2) is 7.13. The van der Waals surface area contributed by atoms with E-state index in [1.165, 1.54) is 4.88 Å². The van der Waals surface area contributed by atoms with Crippen molar-refractivity contribution in [3.8, 4) is 0 Å². The Morgan fingerprint density at radius 2 is 1.86 bits per heavy atom. The molecule has 1 unspecified atom stereocenters. The number of nitrogens with one attached hydrogen (secondary N) is 1. The lowest BCUT2D eigenvalue weighted by atomic mass is 9.98. The molecule has 4 aromatic rings. The van der Waals surface area contributed by atoms with E-state index in [4.69, 9.17) is 0 Å². The Labute approximate surface area is 173 Å². The Hall–Kier alpha value is -2.97. The van der Waals surface area contributed by atoms with Crippen molar-refractivity contribution in [2.24, 2.45) is 0 Å². The minimum atomic E-state index is -0.374. The molecule has 0 saturated carbocycles. The fourth-order valence-corrected chi connectivity index (χ4v) is 5.68. The first-order valence-electron chi connectivity index (χ1n) is 9.24. The van der Waals surface area contributed by atoms with E-state index >= 15 is 0 Å². The van der Waals surface area contributed by atoms with Gasteiger partial charge >= 0.3 is 0 Å². The molecular weight excluding hydrogens is 406 g/mol. The number of hydrogen-bond donors (Lipinski definition) is 1. The van der Waals surface area contributed by atoms with Crippen molar-refractivity contribution in [2.75, 3.05) is 6.54 Å². The lowest BCUT2D eigenvalue weighted by Crippen LogP contribution is -2.43. The van der Waals surface area contributed by atoms with Gasteiger partial charge in [0.2, 0.25) is 5.91 Å². The van der Waals surface area contributed by atoms with E-state index in [1.54, 1.807) is 46.9 Å². The van der Waals surface area contributed by atoms with Crippen LogP contribution < -0.4 is 11.1 Å². The third-order valence-electron chi connectivity index (χ3n) is 5.28. The summed E-state index contributed by atoms with van der Waals surface area (Å²) in [6.07, 6.45) is 0.795. The van der Waals surface area contributed by atoms with Gasteiger partial charge in [0.25, 0.3) is 11.1 Å². The monoisotopic (exact) mass is 423 g/mol. The van der Waals surface area contributed by atoms with Gasteiger partial charge in [-0.1, -0.05) is 18.2 Å². The molecule has 8 heteroatoms. The quantitative estimate of drug-likeness (QED) is 0.550. The predicted octanol–water partition coefficient (Wildman–Crippen LogP) is 2.99. The average molecular weight is 424 g/mol. The van der Waals surface area contributed by atoms with Crippen LogP contribution in [0.5, 0.6) is 0 Å². The van der Waals surface area contributed by atoms with E-state index < -0.39 is 0 Å². The molecule has 1 aliphatic rings. The third-order valence-corrected chi connectivity index (χ3v) is 7.20. The van der Waals surface area contributed by atoms with E-state index in [1.807, 2.05) is 22.4 Å². The van der Waals surface area contributed by atoms with Gasteiger partial charge in [0, 0.05) is 16.3 Å². The predicted molar refractivity (Wildman–Crippen MR) is 115 cm³/mol. The second-order valence-electron chi connectivity index (χ2n) is 6.93. The molecule has 6 nitrogen and oxygen atoms in total. The van der Waals surface area contributed by atoms with E-state index in [0.717, 1.165) is 21.5 Å². The van der Waals surface area contributed by atoms with Gasteiger partial charge in [-0.05, 0) is 47.0 Å². The number of nitrogens with zero attached hydrogens (tertiary/aromatic N) is 2. The highest BCUT2D eigenvalue weighted by Crippen LogP contribution is 2.39. The normalized spacial score (nSPS) is 16.1. The van der Waals surface area contributed by atoms with Crippen molar-refractivity contribution in [1.82, 2.24) is 14.7 Å². The van der Waals surface area contributed by atoms with Crippen molar-refractivity contribution in [2.45, 2.75) is 19.0 Å². The van der Waals surface area contributed by atoms with E-state index in [-0.39, 0.29) is 29.6 Å². The van der Waals surface area contributed by atoms with Gasteiger partial charge in [-0.2, -0.15) is 0 Å². The number of amides is 1. The van der Waals surface area contributed by atoms with Crippen LogP contribution in [-0.4, -0.2) is 27.1 Å². The van der Waals surface area contributed by atoms with Gasteiger partial charge in [0.05, 0.1) is 16.8 Å². The number of carbonyl (C=O) groups excluding carboxylic acids is 1. The van der Waals surface area contributed by atoms with Crippen molar-refractivity contribution < 1.29 is 4.79 Å². The minimum Gasteiger partial charge on any atom is -0.329 e. The molecule has 146 valence electrons. The Balaban J connectivity index is 1.53. The first-order valence-corrected chi connectivity index (χ1v) is 11.0. The largest absolute Gasteiger partial charge is 0.329 e. The number of H-pyrrole nitrogens is 1. The lowest BCUT2D eigenvalue weighted by Gasteiger charge is -2.35. The highest BCUT2D eigenvalue weighted by Gasteiger charge is 2.33. The summed E-state index contributed by atoms with van der Waals surface area (Å²) in [4.78, 5) is 42.6. The summed E-state index contributed by atoms with van der Waals surface area (Å²) >= 11 is 3.33. The molecule has 5 rings (SSSR count). The molecule has 29 heavy (non-hydrogen) atoms. The first-order chi connectivity index (χ1) is 14.1. The maximum Gasteiger partial charge on any atom is 0.273 e. The van der Waals surface area contributed by atoms with Crippen LogP contribution in [-0.2, 0) is 17.8 Å². The van der Waals surface area contributed by atoms with Crippen molar-refractivity contribution in [3.63, 3.8) is 0 Å². The second-order valence-corrected chi connectivity index (χ2v) is 8.91. The van der Waals surface area contributed by atoms with E-state index in [0.29, 0.717) is 17.3 Å². The molecule has 1 atom stereocenters. The van der Waals surface area contributed by atoms with Gasteiger partial charge in [0.15, 0.2) is 0 Å². The van der Waals surface area contributed by atoms with Crippen LogP contribution in [0.1, 0.15) is 21.4 Å². The van der Waals surface area contributed by atoms with Crippen LogP contribution in [0.15, 0.2) is 62.8 Å². The number of thiophene rings is 2. The molecule has 4 heterocycles. The molecule has 1 aromatic carbocycles. The number of fused-ring (bicyclic) bond motifs is 2. The fourth-order valence-electron chi connectivity index (χ4n) is 3.92.